The quantitative estimate of drug-likeness (QED) is 0.807. The van der Waals surface area contributed by atoms with Gasteiger partial charge in [0.1, 0.15) is 17.7 Å². The first-order valence-electron chi connectivity index (χ1n) is 7.44. The topological polar surface area (TPSA) is 73.9 Å². The van der Waals surface area contributed by atoms with Crippen LogP contribution in [-0.2, 0) is 19.0 Å². The Morgan fingerprint density at radius 3 is 2.38 bits per heavy atom. The average molecular weight is 301 g/mol. The van der Waals surface area contributed by atoms with Crippen molar-refractivity contribution in [2.24, 2.45) is 0 Å². The molecule has 0 aromatic carbocycles. The minimum Gasteiger partial charge on any atom is -0.461 e. The van der Waals surface area contributed by atoms with Crippen LogP contribution >= 0.6 is 0 Å². The fourth-order valence-electron chi connectivity index (χ4n) is 2.23. The third kappa shape index (κ3) is 6.80. The number of hydrogen-bond acceptors (Lipinski definition) is 5. The van der Waals surface area contributed by atoms with Crippen LogP contribution in [0.5, 0.6) is 0 Å². The summed E-state index contributed by atoms with van der Waals surface area (Å²) in [6.07, 6.45) is 2.90. The minimum absolute atomic E-state index is 0.140. The molecule has 1 saturated carbocycles. The maximum Gasteiger partial charge on any atom is 0.408 e. The molecule has 0 aromatic heterocycles. The van der Waals surface area contributed by atoms with Crippen LogP contribution in [0.2, 0.25) is 0 Å². The van der Waals surface area contributed by atoms with E-state index < -0.39 is 23.7 Å². The second-order valence-electron chi connectivity index (χ2n) is 6.45. The van der Waals surface area contributed by atoms with Gasteiger partial charge in [0.2, 0.25) is 0 Å². The Balaban J connectivity index is 2.38. The van der Waals surface area contributed by atoms with Gasteiger partial charge in [0.05, 0.1) is 6.10 Å². The van der Waals surface area contributed by atoms with Crippen molar-refractivity contribution in [1.82, 2.24) is 5.32 Å². The maximum atomic E-state index is 12.0. The maximum absolute atomic E-state index is 12.0. The molecule has 21 heavy (non-hydrogen) atoms. The number of amides is 1. The lowest BCUT2D eigenvalue weighted by molar-refractivity contribution is -0.154. The lowest BCUT2D eigenvalue weighted by Crippen LogP contribution is -2.44. The highest BCUT2D eigenvalue weighted by atomic mass is 16.6. The molecule has 0 aromatic rings. The number of nitrogens with one attached hydrogen (secondary N) is 1. The zero-order valence-electron chi connectivity index (χ0n) is 13.6. The van der Waals surface area contributed by atoms with E-state index in [1.807, 2.05) is 0 Å². The molecule has 1 N–H and O–H groups in total. The molecule has 6 heteroatoms. The molecule has 0 unspecified atom stereocenters. The van der Waals surface area contributed by atoms with E-state index in [0.29, 0.717) is 6.42 Å². The third-order valence-electron chi connectivity index (χ3n) is 3.28. The van der Waals surface area contributed by atoms with Gasteiger partial charge in [0.15, 0.2) is 0 Å². The fraction of sp³-hybridized carbons (Fsp3) is 0.867. The van der Waals surface area contributed by atoms with Crippen molar-refractivity contribution in [3.63, 3.8) is 0 Å². The number of hydrogen-bond donors (Lipinski definition) is 1. The van der Waals surface area contributed by atoms with E-state index in [1.54, 1.807) is 34.8 Å². The highest BCUT2D eigenvalue weighted by Gasteiger charge is 2.28. The predicted molar refractivity (Wildman–Crippen MR) is 78.0 cm³/mol. The van der Waals surface area contributed by atoms with Crippen LogP contribution in [0.25, 0.3) is 0 Å². The summed E-state index contributed by atoms with van der Waals surface area (Å²) in [6.45, 7) is 6.89. The van der Waals surface area contributed by atoms with Crippen LogP contribution in [0.1, 0.15) is 53.4 Å². The van der Waals surface area contributed by atoms with E-state index in [4.69, 9.17) is 14.2 Å². The third-order valence-corrected chi connectivity index (χ3v) is 3.28. The predicted octanol–water partition coefficient (Wildman–Crippen LogP) is 2.40. The molecule has 6 nitrogen and oxygen atoms in total. The van der Waals surface area contributed by atoms with Crippen molar-refractivity contribution in [2.75, 3.05) is 7.11 Å². The molecule has 0 bridgehead atoms. The van der Waals surface area contributed by atoms with Crippen LogP contribution in [0.3, 0.4) is 0 Å². The van der Waals surface area contributed by atoms with Crippen molar-refractivity contribution in [2.45, 2.75) is 77.2 Å². The highest BCUT2D eigenvalue weighted by molar-refractivity contribution is 5.81. The second-order valence-corrected chi connectivity index (χ2v) is 6.45. The van der Waals surface area contributed by atoms with Gasteiger partial charge >= 0.3 is 12.1 Å². The fourth-order valence-corrected chi connectivity index (χ4v) is 2.23. The molecule has 0 radical (unpaired) electrons. The first-order valence-corrected chi connectivity index (χ1v) is 7.44. The standard InChI is InChI=1S/C15H27NO5/c1-10(16-14(18)21-15(2,3)4)13(17)20-12-8-6-7-11(9-12)19-5/h10-12H,6-9H2,1-5H3,(H,16,18)/t10-,11+,12-/m0/s1. The molecule has 1 aliphatic rings. The Morgan fingerprint density at radius 2 is 1.81 bits per heavy atom. The molecule has 1 rings (SSSR count). The van der Waals surface area contributed by atoms with Crippen molar-refractivity contribution in [3.05, 3.63) is 0 Å². The minimum atomic E-state index is -0.734. The van der Waals surface area contributed by atoms with Crippen molar-refractivity contribution >= 4 is 12.1 Å². The Morgan fingerprint density at radius 1 is 1.19 bits per heavy atom. The number of alkyl carbamates (subject to hydrolysis) is 1. The van der Waals surface area contributed by atoms with Crippen LogP contribution in [0.4, 0.5) is 4.79 Å². The van der Waals surface area contributed by atoms with Gasteiger partial charge in [-0.25, -0.2) is 9.59 Å². The number of carbonyl (C=O) groups excluding carboxylic acids is 2. The molecular weight excluding hydrogens is 274 g/mol. The first kappa shape index (κ1) is 17.8. The molecule has 0 heterocycles. The van der Waals surface area contributed by atoms with E-state index in [9.17, 15) is 9.59 Å². The summed E-state index contributed by atoms with van der Waals surface area (Å²) in [5.41, 5.74) is -0.594. The van der Waals surface area contributed by atoms with Gasteiger partial charge in [-0.05, 0) is 47.0 Å². The largest absolute Gasteiger partial charge is 0.461 e. The summed E-state index contributed by atoms with van der Waals surface area (Å²) in [6, 6.07) is -0.734. The lowest BCUT2D eigenvalue weighted by Gasteiger charge is -2.29. The molecule has 3 atom stereocenters. The van der Waals surface area contributed by atoms with Crippen LogP contribution in [0, 0.1) is 0 Å². The van der Waals surface area contributed by atoms with Crippen LogP contribution in [0.15, 0.2) is 0 Å². The molecule has 0 aliphatic heterocycles. The Labute approximate surface area is 126 Å². The molecular formula is C15H27NO5. The van der Waals surface area contributed by atoms with Gasteiger partial charge in [-0.2, -0.15) is 0 Å². The number of esters is 1. The molecule has 0 spiro atoms. The summed E-state index contributed by atoms with van der Waals surface area (Å²) < 4.78 is 15.8. The van der Waals surface area contributed by atoms with E-state index in [0.717, 1.165) is 19.3 Å². The Hall–Kier alpha value is -1.30. The van der Waals surface area contributed by atoms with Crippen LogP contribution < -0.4 is 5.32 Å². The first-order chi connectivity index (χ1) is 9.71. The molecule has 1 amide bonds. The Kier molecular flexibility index (Phi) is 6.45. The number of methoxy groups -OCH3 is 1. The lowest BCUT2D eigenvalue weighted by atomic mass is 9.95. The summed E-state index contributed by atoms with van der Waals surface area (Å²) in [7, 11) is 1.67. The zero-order chi connectivity index (χ0) is 16.0. The molecule has 1 fully saturated rings. The van der Waals surface area contributed by atoms with Crippen molar-refractivity contribution in [1.29, 1.82) is 0 Å². The molecule has 0 saturated heterocycles. The highest BCUT2D eigenvalue weighted by Crippen LogP contribution is 2.23. The van der Waals surface area contributed by atoms with E-state index in [2.05, 4.69) is 5.32 Å². The number of ether oxygens (including phenoxy) is 3. The van der Waals surface area contributed by atoms with Gasteiger partial charge < -0.3 is 19.5 Å². The SMILES string of the molecule is CO[C@@H]1CCC[C@H](OC(=O)[C@H](C)NC(=O)OC(C)(C)C)C1. The Bertz CT molecular complexity index is 364. The average Bonchev–Trinajstić information content (AvgIpc) is 2.36. The smallest absolute Gasteiger partial charge is 0.408 e. The normalized spacial score (nSPS) is 24.0. The van der Waals surface area contributed by atoms with Crippen LogP contribution in [-0.4, -0.2) is 43.0 Å². The van der Waals surface area contributed by atoms with Gasteiger partial charge in [0.25, 0.3) is 0 Å². The zero-order valence-corrected chi connectivity index (χ0v) is 13.6. The summed E-state index contributed by atoms with van der Waals surface area (Å²) in [5, 5.41) is 2.48. The summed E-state index contributed by atoms with van der Waals surface area (Å²) >= 11 is 0. The number of carbonyl (C=O) groups is 2. The summed E-state index contributed by atoms with van der Waals surface area (Å²) in [4.78, 5) is 23.6. The van der Waals surface area contributed by atoms with Crippen molar-refractivity contribution < 1.29 is 23.8 Å². The number of rotatable bonds is 4. The van der Waals surface area contributed by atoms with Crippen molar-refractivity contribution in [3.8, 4) is 0 Å². The van der Waals surface area contributed by atoms with E-state index >= 15 is 0 Å². The van der Waals surface area contributed by atoms with Gasteiger partial charge in [-0.15, -0.1) is 0 Å². The molecule has 1 aliphatic carbocycles. The second kappa shape index (κ2) is 7.64. The van der Waals surface area contributed by atoms with E-state index in [-0.39, 0.29) is 12.2 Å². The monoisotopic (exact) mass is 301 g/mol. The summed E-state index contributed by atoms with van der Waals surface area (Å²) in [5.74, 6) is -0.442. The molecule has 122 valence electrons. The van der Waals surface area contributed by atoms with Gasteiger partial charge in [-0.1, -0.05) is 0 Å². The van der Waals surface area contributed by atoms with Gasteiger partial charge in [-0.3, -0.25) is 0 Å². The van der Waals surface area contributed by atoms with Gasteiger partial charge in [0, 0.05) is 13.5 Å². The van der Waals surface area contributed by atoms with E-state index in [1.165, 1.54) is 0 Å².